The van der Waals surface area contributed by atoms with Crippen molar-refractivity contribution < 1.29 is 9.72 Å². The summed E-state index contributed by atoms with van der Waals surface area (Å²) in [6, 6.07) is 10.4. The molecule has 0 radical (unpaired) electrons. The molecule has 8 heteroatoms. The van der Waals surface area contributed by atoms with Gasteiger partial charge in [-0.25, -0.2) is 4.98 Å². The summed E-state index contributed by atoms with van der Waals surface area (Å²) in [7, 11) is 0. The Morgan fingerprint density at radius 2 is 2.17 bits per heavy atom. The topological polar surface area (TPSA) is 85.1 Å². The first-order valence-corrected chi connectivity index (χ1v) is 8.76. The van der Waals surface area contributed by atoms with Gasteiger partial charge in [0.25, 0.3) is 5.69 Å². The number of non-ortho nitro benzene ring substituents is 1. The van der Waals surface area contributed by atoms with Gasteiger partial charge in [-0.05, 0) is 12.1 Å². The summed E-state index contributed by atoms with van der Waals surface area (Å²) in [5.41, 5.74) is 1.62. The van der Waals surface area contributed by atoms with Gasteiger partial charge in [0.15, 0.2) is 0 Å². The standard InChI is InChI=1S/C16H13N3O3S2/c1-10(20)17-8-13-5-6-15(24-13)14-9-23-16(18-14)11-3-2-4-12(7-11)19(21)22/h2-7,9H,8H2,1H3,(H,17,20). The van der Waals surface area contributed by atoms with Gasteiger partial charge in [-0.2, -0.15) is 0 Å². The third kappa shape index (κ3) is 3.66. The zero-order chi connectivity index (χ0) is 17.1. The molecule has 122 valence electrons. The van der Waals surface area contributed by atoms with Crippen LogP contribution < -0.4 is 5.32 Å². The van der Waals surface area contributed by atoms with Crippen molar-refractivity contribution >= 4 is 34.3 Å². The minimum Gasteiger partial charge on any atom is -0.351 e. The number of nitro benzene ring substituents is 1. The van der Waals surface area contributed by atoms with Gasteiger partial charge in [-0.15, -0.1) is 22.7 Å². The Balaban J connectivity index is 1.82. The van der Waals surface area contributed by atoms with E-state index in [0.29, 0.717) is 6.54 Å². The summed E-state index contributed by atoms with van der Waals surface area (Å²) in [6.07, 6.45) is 0. The van der Waals surface area contributed by atoms with Crippen LogP contribution in [-0.4, -0.2) is 15.8 Å². The summed E-state index contributed by atoms with van der Waals surface area (Å²) in [5, 5.41) is 16.3. The van der Waals surface area contributed by atoms with Gasteiger partial charge in [0, 0.05) is 34.9 Å². The lowest BCUT2D eigenvalue weighted by Crippen LogP contribution is -2.17. The predicted molar refractivity (Wildman–Crippen MR) is 95.0 cm³/mol. The van der Waals surface area contributed by atoms with Gasteiger partial charge >= 0.3 is 0 Å². The number of hydrogen-bond donors (Lipinski definition) is 1. The van der Waals surface area contributed by atoms with Crippen LogP contribution in [0.2, 0.25) is 0 Å². The molecule has 0 bridgehead atoms. The average molecular weight is 359 g/mol. The fraction of sp³-hybridized carbons (Fsp3) is 0.125. The second-order valence-corrected chi connectivity index (χ2v) is 7.05. The molecule has 0 saturated carbocycles. The Labute approximate surface area is 146 Å². The van der Waals surface area contributed by atoms with Crippen molar-refractivity contribution in [3.8, 4) is 21.1 Å². The highest BCUT2D eigenvalue weighted by Gasteiger charge is 2.12. The molecule has 0 fully saturated rings. The molecule has 0 aliphatic carbocycles. The van der Waals surface area contributed by atoms with Crippen LogP contribution in [0.1, 0.15) is 11.8 Å². The Morgan fingerprint density at radius 1 is 1.33 bits per heavy atom. The summed E-state index contributed by atoms with van der Waals surface area (Å²) < 4.78 is 0. The minimum atomic E-state index is -0.411. The first kappa shape index (κ1) is 16.3. The third-order valence-corrected chi connectivity index (χ3v) is 5.23. The number of nitrogens with one attached hydrogen (secondary N) is 1. The molecule has 3 rings (SSSR count). The highest BCUT2D eigenvalue weighted by Crippen LogP contribution is 2.33. The second kappa shape index (κ2) is 6.90. The third-order valence-electron chi connectivity index (χ3n) is 3.23. The van der Waals surface area contributed by atoms with Crippen LogP contribution in [0.25, 0.3) is 21.1 Å². The molecule has 3 aromatic rings. The van der Waals surface area contributed by atoms with E-state index < -0.39 is 4.92 Å². The summed E-state index contributed by atoms with van der Waals surface area (Å²) in [5.74, 6) is -0.0634. The highest BCUT2D eigenvalue weighted by molar-refractivity contribution is 7.16. The molecule has 0 spiro atoms. The van der Waals surface area contributed by atoms with Crippen molar-refractivity contribution in [2.45, 2.75) is 13.5 Å². The van der Waals surface area contributed by atoms with Crippen LogP contribution >= 0.6 is 22.7 Å². The largest absolute Gasteiger partial charge is 0.351 e. The van der Waals surface area contributed by atoms with Crippen LogP contribution in [0.4, 0.5) is 5.69 Å². The van der Waals surface area contributed by atoms with Gasteiger partial charge in [0.2, 0.25) is 5.91 Å². The molecule has 6 nitrogen and oxygen atoms in total. The Morgan fingerprint density at radius 3 is 2.92 bits per heavy atom. The summed E-state index contributed by atoms with van der Waals surface area (Å²) in [4.78, 5) is 28.1. The quantitative estimate of drug-likeness (QED) is 0.549. The van der Waals surface area contributed by atoms with Crippen molar-refractivity contribution in [2.24, 2.45) is 0 Å². The monoisotopic (exact) mass is 359 g/mol. The average Bonchev–Trinajstić information content (AvgIpc) is 3.22. The molecule has 0 aliphatic rings. The van der Waals surface area contributed by atoms with Gasteiger partial charge in [0.1, 0.15) is 5.01 Å². The number of carbonyl (C=O) groups excluding carboxylic acids is 1. The Bertz CT molecular complexity index is 901. The van der Waals surface area contributed by atoms with Crippen molar-refractivity contribution in [2.75, 3.05) is 0 Å². The number of benzene rings is 1. The fourth-order valence-corrected chi connectivity index (χ4v) is 3.89. The summed E-state index contributed by atoms with van der Waals surface area (Å²) in [6.45, 7) is 1.99. The molecule has 0 saturated heterocycles. The molecule has 0 unspecified atom stereocenters. The zero-order valence-corrected chi connectivity index (χ0v) is 14.3. The van der Waals surface area contributed by atoms with Crippen LogP contribution in [0.5, 0.6) is 0 Å². The van der Waals surface area contributed by atoms with E-state index in [4.69, 9.17) is 0 Å². The predicted octanol–water partition coefficient (Wildman–Crippen LogP) is 4.08. The normalized spacial score (nSPS) is 10.5. The Hall–Kier alpha value is -2.58. The lowest BCUT2D eigenvalue weighted by atomic mass is 10.2. The molecule has 1 aromatic carbocycles. The molecule has 24 heavy (non-hydrogen) atoms. The molecule has 0 aliphatic heterocycles. The van der Waals surface area contributed by atoms with Crippen LogP contribution in [-0.2, 0) is 11.3 Å². The van der Waals surface area contributed by atoms with Crippen molar-refractivity contribution in [1.82, 2.24) is 10.3 Å². The number of hydrogen-bond acceptors (Lipinski definition) is 6. The van der Waals surface area contributed by atoms with Gasteiger partial charge < -0.3 is 5.32 Å². The number of amides is 1. The number of thiazole rings is 1. The van der Waals surface area contributed by atoms with E-state index in [0.717, 1.165) is 26.0 Å². The fourth-order valence-electron chi connectivity index (χ4n) is 2.09. The van der Waals surface area contributed by atoms with E-state index in [2.05, 4.69) is 10.3 Å². The first-order chi connectivity index (χ1) is 11.5. The van der Waals surface area contributed by atoms with Gasteiger partial charge in [-0.3, -0.25) is 14.9 Å². The van der Waals surface area contributed by atoms with E-state index in [1.54, 1.807) is 17.4 Å². The number of rotatable bonds is 5. The SMILES string of the molecule is CC(=O)NCc1ccc(-c2csc(-c3cccc([N+](=O)[O-])c3)n2)s1. The lowest BCUT2D eigenvalue weighted by molar-refractivity contribution is -0.384. The van der Waals surface area contributed by atoms with E-state index >= 15 is 0 Å². The number of nitrogens with zero attached hydrogens (tertiary/aromatic N) is 2. The van der Waals surface area contributed by atoms with E-state index in [1.807, 2.05) is 23.6 Å². The van der Waals surface area contributed by atoms with Crippen LogP contribution in [0.3, 0.4) is 0 Å². The molecule has 0 atom stereocenters. The number of thiophene rings is 1. The van der Waals surface area contributed by atoms with Crippen molar-refractivity contribution in [3.05, 3.63) is 56.8 Å². The number of aromatic nitrogens is 1. The zero-order valence-electron chi connectivity index (χ0n) is 12.7. The van der Waals surface area contributed by atoms with Gasteiger partial charge in [-0.1, -0.05) is 12.1 Å². The minimum absolute atomic E-state index is 0.0537. The lowest BCUT2D eigenvalue weighted by Gasteiger charge is -1.97. The van der Waals surface area contributed by atoms with E-state index in [1.165, 1.54) is 30.4 Å². The van der Waals surface area contributed by atoms with Crippen molar-refractivity contribution in [1.29, 1.82) is 0 Å². The molecule has 2 aromatic heterocycles. The smallest absolute Gasteiger partial charge is 0.270 e. The van der Waals surface area contributed by atoms with Crippen molar-refractivity contribution in [3.63, 3.8) is 0 Å². The molecule has 1 N–H and O–H groups in total. The highest BCUT2D eigenvalue weighted by atomic mass is 32.1. The molecular formula is C16H13N3O3S2. The molecule has 1 amide bonds. The maximum atomic E-state index is 11.0. The van der Waals surface area contributed by atoms with Gasteiger partial charge in [0.05, 0.1) is 22.0 Å². The molecular weight excluding hydrogens is 346 g/mol. The van der Waals surface area contributed by atoms with E-state index in [9.17, 15) is 14.9 Å². The van der Waals surface area contributed by atoms with Crippen LogP contribution in [0.15, 0.2) is 41.8 Å². The van der Waals surface area contributed by atoms with E-state index in [-0.39, 0.29) is 11.6 Å². The molecule has 2 heterocycles. The summed E-state index contributed by atoms with van der Waals surface area (Å²) >= 11 is 3.01. The maximum Gasteiger partial charge on any atom is 0.270 e. The van der Waals surface area contributed by atoms with Crippen LogP contribution in [0, 0.1) is 10.1 Å². The second-order valence-electron chi connectivity index (χ2n) is 5.02. The maximum absolute atomic E-state index is 11.0. The first-order valence-electron chi connectivity index (χ1n) is 7.07. The Kier molecular flexibility index (Phi) is 4.68. The number of carbonyl (C=O) groups is 1. The number of nitro groups is 1.